The van der Waals surface area contributed by atoms with Gasteiger partial charge >= 0.3 is 5.97 Å². The molecule has 0 heterocycles. The minimum absolute atomic E-state index is 0.150. The van der Waals surface area contributed by atoms with Crippen LogP contribution in [-0.2, 0) is 19.0 Å². The molecule has 0 aromatic carbocycles. The summed E-state index contributed by atoms with van der Waals surface area (Å²) in [5, 5.41) is 0. The highest BCUT2D eigenvalue weighted by Gasteiger charge is 2.14. The summed E-state index contributed by atoms with van der Waals surface area (Å²) in [6, 6.07) is 0. The fourth-order valence-electron chi connectivity index (χ4n) is 0.551. The Balaban J connectivity index is 3.16. The topological polar surface area (TPSA) is 44.8 Å². The van der Waals surface area contributed by atoms with Crippen molar-refractivity contribution in [3.8, 4) is 0 Å². The van der Waals surface area contributed by atoms with E-state index >= 15 is 0 Å². The van der Waals surface area contributed by atoms with Crippen LogP contribution < -0.4 is 0 Å². The predicted octanol–water partition coefficient (Wildman–Crippen LogP) is 0.572. The quantitative estimate of drug-likeness (QED) is 0.253. The zero-order chi connectivity index (χ0) is 10.1. The van der Waals surface area contributed by atoms with Gasteiger partial charge in [0.25, 0.3) is 0 Å². The van der Waals surface area contributed by atoms with Gasteiger partial charge in [0.15, 0.2) is 0 Å². The first-order valence-corrected chi connectivity index (χ1v) is 4.01. The maximum atomic E-state index is 10.8. The summed E-state index contributed by atoms with van der Waals surface area (Å²) >= 11 is 0. The van der Waals surface area contributed by atoms with E-state index in [4.69, 9.17) is 20.8 Å². The Morgan fingerprint density at radius 1 is 1.23 bits per heavy atom. The summed E-state index contributed by atoms with van der Waals surface area (Å²) in [6.45, 7) is 8.29. The zero-order valence-electron chi connectivity index (χ0n) is 8.04. The second kappa shape index (κ2) is 7.68. The molecule has 74 valence electrons. The van der Waals surface area contributed by atoms with Crippen LogP contribution in [0.4, 0.5) is 0 Å². The van der Waals surface area contributed by atoms with Gasteiger partial charge in [-0.1, -0.05) is 0 Å². The molecule has 13 heavy (non-hydrogen) atoms. The predicted molar refractivity (Wildman–Crippen MR) is 47.1 cm³/mol. The van der Waals surface area contributed by atoms with Gasteiger partial charge in [-0.05, 0) is 0 Å². The number of carbonyl (C=O) groups excluding carboxylic acids is 1. The Kier molecular flexibility index (Phi) is 7.11. The Morgan fingerprint density at radius 3 is 2.38 bits per heavy atom. The van der Waals surface area contributed by atoms with Gasteiger partial charge in [0.2, 0.25) is 5.57 Å². The average molecular weight is 187 g/mol. The highest BCUT2D eigenvalue weighted by Crippen LogP contribution is 1.91. The van der Waals surface area contributed by atoms with E-state index < -0.39 is 5.97 Å². The van der Waals surface area contributed by atoms with Crippen LogP contribution in [0.1, 0.15) is 6.92 Å². The van der Waals surface area contributed by atoms with Crippen LogP contribution in [-0.4, -0.2) is 39.5 Å². The molecule has 0 spiro atoms. The number of esters is 1. The van der Waals surface area contributed by atoms with Crippen molar-refractivity contribution in [3.63, 3.8) is 0 Å². The lowest BCUT2D eigenvalue weighted by Crippen LogP contribution is -2.12. The molecule has 0 rings (SSSR count). The number of rotatable bonds is 7. The minimum atomic E-state index is -0.490. The summed E-state index contributed by atoms with van der Waals surface area (Å²) in [6.07, 6.45) is 0. The van der Waals surface area contributed by atoms with E-state index in [1.54, 1.807) is 7.11 Å². The number of hydrogen-bond acceptors (Lipinski definition) is 4. The molecule has 0 saturated carbocycles. The molecule has 0 aliphatic heterocycles. The van der Waals surface area contributed by atoms with Crippen molar-refractivity contribution in [1.29, 1.82) is 0 Å². The van der Waals surface area contributed by atoms with Crippen LogP contribution in [0.15, 0.2) is 5.57 Å². The molecule has 0 amide bonds. The fraction of sp³-hybridized carbons (Fsp3) is 0.667. The van der Waals surface area contributed by atoms with E-state index in [2.05, 4.69) is 0 Å². The summed E-state index contributed by atoms with van der Waals surface area (Å²) in [5.41, 5.74) is 0.150. The third kappa shape index (κ3) is 7.40. The van der Waals surface area contributed by atoms with Crippen LogP contribution >= 0.6 is 0 Å². The van der Waals surface area contributed by atoms with Crippen molar-refractivity contribution >= 4 is 5.97 Å². The van der Waals surface area contributed by atoms with Crippen LogP contribution in [0.25, 0.3) is 0 Å². The largest absolute Gasteiger partial charge is 0.487 e. The standard InChI is InChI=1S/C9H15O4/c1-8(2)9(10)13-7-6-12-5-4-11-3/h1H,4-7H2,2-3H3/q+1. The molecule has 4 nitrogen and oxygen atoms in total. The molecule has 0 radical (unpaired) electrons. The number of methoxy groups -OCH3 is 1. The average Bonchev–Trinajstić information content (AvgIpc) is 2.10. The summed E-state index contributed by atoms with van der Waals surface area (Å²) in [5.74, 6) is -0.490. The van der Waals surface area contributed by atoms with E-state index in [0.717, 1.165) is 0 Å². The monoisotopic (exact) mass is 187 g/mol. The molecule has 0 N–H and O–H groups in total. The lowest BCUT2D eigenvalue weighted by Gasteiger charge is -2.00. The first kappa shape index (κ1) is 12.0. The molecular weight excluding hydrogens is 172 g/mol. The Morgan fingerprint density at radius 2 is 1.85 bits per heavy atom. The molecule has 0 aromatic rings. The molecule has 4 heteroatoms. The van der Waals surface area contributed by atoms with Gasteiger partial charge in [-0.3, -0.25) is 0 Å². The second-order valence-corrected chi connectivity index (χ2v) is 2.42. The third-order valence-corrected chi connectivity index (χ3v) is 1.21. The number of carbonyl (C=O) groups is 1. The van der Waals surface area contributed by atoms with Crippen LogP contribution in [0.5, 0.6) is 0 Å². The highest BCUT2D eigenvalue weighted by atomic mass is 16.6. The molecule has 0 aliphatic rings. The van der Waals surface area contributed by atoms with Gasteiger partial charge in [-0.2, -0.15) is 0 Å². The molecule has 0 atom stereocenters. The molecule has 0 aromatic heterocycles. The van der Waals surface area contributed by atoms with Gasteiger partial charge in [0.05, 0.1) is 26.4 Å². The molecule has 0 fully saturated rings. The Bertz CT molecular complexity index is 165. The first-order valence-electron chi connectivity index (χ1n) is 4.01. The van der Waals surface area contributed by atoms with E-state index in [1.165, 1.54) is 6.92 Å². The number of ether oxygens (including phenoxy) is 3. The van der Waals surface area contributed by atoms with Crippen LogP contribution in [0.2, 0.25) is 0 Å². The lowest BCUT2D eigenvalue weighted by molar-refractivity contribution is -0.140. The summed E-state index contributed by atoms with van der Waals surface area (Å²) < 4.78 is 14.5. The molecule has 0 unspecified atom stereocenters. The SMILES string of the molecule is [CH+]=C(C)C(=O)OCCOCCOC. The Hall–Kier alpha value is -0.960. The van der Waals surface area contributed by atoms with Crippen molar-refractivity contribution in [1.82, 2.24) is 0 Å². The van der Waals surface area contributed by atoms with Crippen molar-refractivity contribution < 1.29 is 19.0 Å². The third-order valence-electron chi connectivity index (χ3n) is 1.21. The molecule has 0 aliphatic carbocycles. The van der Waals surface area contributed by atoms with Crippen molar-refractivity contribution in [2.45, 2.75) is 6.92 Å². The van der Waals surface area contributed by atoms with Crippen LogP contribution in [0.3, 0.4) is 0 Å². The van der Waals surface area contributed by atoms with Gasteiger partial charge in [-0.15, -0.1) is 4.79 Å². The van der Waals surface area contributed by atoms with Crippen molar-refractivity contribution in [2.75, 3.05) is 33.5 Å². The number of hydrogen-bond donors (Lipinski definition) is 0. The van der Waals surface area contributed by atoms with Gasteiger partial charge < -0.3 is 14.2 Å². The zero-order valence-corrected chi connectivity index (χ0v) is 8.04. The normalized spacial score (nSPS) is 9.62. The fourth-order valence-corrected chi connectivity index (χ4v) is 0.551. The first-order chi connectivity index (χ1) is 6.18. The molecular formula is C9H15O4+. The summed E-state index contributed by atoms with van der Waals surface area (Å²) in [7, 11) is 1.59. The smallest absolute Gasteiger partial charge is 0.382 e. The molecule has 0 saturated heterocycles. The van der Waals surface area contributed by atoms with Gasteiger partial charge in [0.1, 0.15) is 6.61 Å². The van der Waals surface area contributed by atoms with Gasteiger partial charge in [-0.25, -0.2) is 0 Å². The minimum Gasteiger partial charge on any atom is -0.382 e. The second-order valence-electron chi connectivity index (χ2n) is 2.42. The maximum Gasteiger partial charge on any atom is 0.487 e. The van der Waals surface area contributed by atoms with Crippen LogP contribution in [0, 0.1) is 6.58 Å². The van der Waals surface area contributed by atoms with E-state index in [-0.39, 0.29) is 12.2 Å². The van der Waals surface area contributed by atoms with Crippen molar-refractivity contribution in [2.24, 2.45) is 0 Å². The highest BCUT2D eigenvalue weighted by molar-refractivity contribution is 5.86. The van der Waals surface area contributed by atoms with E-state index in [9.17, 15) is 4.79 Å². The van der Waals surface area contributed by atoms with E-state index in [1.807, 2.05) is 0 Å². The summed E-state index contributed by atoms with van der Waals surface area (Å²) in [4.78, 5) is 10.8. The van der Waals surface area contributed by atoms with Crippen molar-refractivity contribution in [3.05, 3.63) is 12.2 Å². The lowest BCUT2D eigenvalue weighted by atomic mass is 10.4. The maximum absolute atomic E-state index is 10.8. The van der Waals surface area contributed by atoms with E-state index in [0.29, 0.717) is 19.8 Å². The molecule has 0 bridgehead atoms. The Labute approximate surface area is 78.5 Å². The van der Waals surface area contributed by atoms with Gasteiger partial charge in [0, 0.05) is 14.0 Å².